The molecule has 0 saturated carbocycles. The van der Waals surface area contributed by atoms with Crippen molar-refractivity contribution < 1.29 is 4.42 Å². The molecule has 1 nitrogen and oxygen atoms in total. The Morgan fingerprint density at radius 2 is 0.945 bits per heavy atom. The van der Waals surface area contributed by atoms with Crippen LogP contribution in [0.3, 0.4) is 0 Å². The molecule has 0 spiro atoms. The molecular formula is C53H34OS. The first-order valence-electron chi connectivity index (χ1n) is 18.9. The summed E-state index contributed by atoms with van der Waals surface area (Å²) in [4.78, 5) is 0. The van der Waals surface area contributed by atoms with Gasteiger partial charge in [-0.05, 0) is 73.7 Å². The lowest BCUT2D eigenvalue weighted by atomic mass is 9.83. The van der Waals surface area contributed by atoms with Gasteiger partial charge in [0.2, 0.25) is 0 Å². The maximum atomic E-state index is 6.42. The number of furan rings is 1. The van der Waals surface area contributed by atoms with Gasteiger partial charge in [-0.15, -0.1) is 11.3 Å². The first-order valence-corrected chi connectivity index (χ1v) is 19.7. The van der Waals surface area contributed by atoms with E-state index in [1.807, 2.05) is 17.4 Å². The molecule has 0 aliphatic heterocycles. The van der Waals surface area contributed by atoms with Gasteiger partial charge >= 0.3 is 0 Å². The van der Waals surface area contributed by atoms with Crippen LogP contribution in [0.2, 0.25) is 0 Å². The fraction of sp³-hybridized carbons (Fsp3) is 0.0189. The molecule has 0 fully saturated rings. The van der Waals surface area contributed by atoms with Crippen molar-refractivity contribution in [1.82, 2.24) is 0 Å². The molecule has 1 atom stereocenters. The lowest BCUT2D eigenvalue weighted by molar-refractivity contribution is 0.672. The lowest BCUT2D eigenvalue weighted by Gasteiger charge is -2.21. The molecule has 0 N–H and O–H groups in total. The van der Waals surface area contributed by atoms with Crippen LogP contribution in [0, 0.1) is 0 Å². The maximum Gasteiger partial charge on any atom is 0.143 e. The molecular weight excluding hydrogens is 685 g/mol. The van der Waals surface area contributed by atoms with Crippen molar-refractivity contribution in [3.05, 3.63) is 217 Å². The van der Waals surface area contributed by atoms with Gasteiger partial charge < -0.3 is 4.42 Å². The monoisotopic (exact) mass is 718 g/mol. The fourth-order valence-corrected chi connectivity index (χ4v) is 9.81. The second kappa shape index (κ2) is 13.0. The van der Waals surface area contributed by atoms with Crippen molar-refractivity contribution in [2.45, 2.75) is 5.92 Å². The summed E-state index contributed by atoms with van der Waals surface area (Å²) >= 11 is 1.88. The van der Waals surface area contributed by atoms with E-state index < -0.39 is 0 Å². The predicted molar refractivity (Wildman–Crippen MR) is 234 cm³/mol. The van der Waals surface area contributed by atoms with E-state index in [1.54, 1.807) is 0 Å². The molecule has 11 rings (SSSR count). The number of rotatable bonds is 6. The van der Waals surface area contributed by atoms with Gasteiger partial charge in [0.15, 0.2) is 0 Å². The van der Waals surface area contributed by atoms with Gasteiger partial charge in [0.25, 0.3) is 0 Å². The van der Waals surface area contributed by atoms with Crippen molar-refractivity contribution >= 4 is 64.2 Å². The van der Waals surface area contributed by atoms with Crippen LogP contribution >= 0.6 is 11.3 Å². The number of hydrogen-bond donors (Lipinski definition) is 0. The second-order valence-corrected chi connectivity index (χ2v) is 15.4. The molecule has 0 aliphatic carbocycles. The number of para-hydroxylation sites is 1. The fourth-order valence-electron chi connectivity index (χ4n) is 8.58. The summed E-state index contributed by atoms with van der Waals surface area (Å²) in [7, 11) is 0. The molecule has 11 aromatic rings. The molecule has 2 heterocycles. The van der Waals surface area contributed by atoms with E-state index in [1.165, 1.54) is 75.6 Å². The van der Waals surface area contributed by atoms with Crippen LogP contribution in [0.5, 0.6) is 0 Å². The van der Waals surface area contributed by atoms with Crippen molar-refractivity contribution in [1.29, 1.82) is 0 Å². The summed E-state index contributed by atoms with van der Waals surface area (Å²) in [5.74, 6) is 0.0453. The van der Waals surface area contributed by atoms with Gasteiger partial charge in [-0.2, -0.15) is 0 Å². The van der Waals surface area contributed by atoms with Crippen LogP contribution in [-0.4, -0.2) is 0 Å². The Bertz CT molecular complexity index is 3180. The molecule has 258 valence electrons. The Hall–Kier alpha value is -6.74. The summed E-state index contributed by atoms with van der Waals surface area (Å²) in [6.45, 7) is 0. The zero-order valence-electron chi connectivity index (χ0n) is 29.9. The molecule has 0 aliphatic rings. The van der Waals surface area contributed by atoms with Crippen molar-refractivity contribution in [2.24, 2.45) is 0 Å². The first-order chi connectivity index (χ1) is 27.3. The quantitative estimate of drug-likeness (QED) is 0.156. The van der Waals surface area contributed by atoms with Gasteiger partial charge in [-0.25, -0.2) is 0 Å². The van der Waals surface area contributed by atoms with Gasteiger partial charge in [0.1, 0.15) is 11.2 Å². The van der Waals surface area contributed by atoms with Crippen LogP contribution in [0.4, 0.5) is 0 Å². The number of benzene rings is 9. The maximum absolute atomic E-state index is 6.42. The standard InChI is InChI=1S/C53H34OS/c1-2-12-34(13-3-1)39-14-10-15-40(32-39)51(37-28-24-35(25-29-37)41-20-11-21-46-44-18-7-9-23-50(44)55-53(41)46)38-30-26-36(27-31-38)47-33-48-43-17-6-8-22-49(43)54-52(48)45-19-5-4-16-42(45)47/h1-33,51H. The van der Waals surface area contributed by atoms with Crippen LogP contribution in [0.15, 0.2) is 205 Å². The summed E-state index contributed by atoms with van der Waals surface area (Å²) in [6, 6.07) is 73.0. The van der Waals surface area contributed by atoms with E-state index in [4.69, 9.17) is 4.42 Å². The van der Waals surface area contributed by atoms with E-state index in [0.29, 0.717) is 0 Å². The minimum Gasteiger partial charge on any atom is -0.455 e. The largest absolute Gasteiger partial charge is 0.455 e. The molecule has 2 heteroatoms. The van der Waals surface area contributed by atoms with E-state index in [-0.39, 0.29) is 5.92 Å². The Morgan fingerprint density at radius 1 is 0.345 bits per heavy atom. The Labute approximate surface area is 323 Å². The molecule has 0 bridgehead atoms. The Kier molecular flexibility index (Phi) is 7.50. The van der Waals surface area contributed by atoms with Gasteiger partial charge in [0.05, 0.1) is 0 Å². The van der Waals surface area contributed by atoms with Gasteiger partial charge in [0, 0.05) is 42.2 Å². The van der Waals surface area contributed by atoms with Crippen LogP contribution < -0.4 is 0 Å². The van der Waals surface area contributed by atoms with E-state index in [2.05, 4.69) is 194 Å². The topological polar surface area (TPSA) is 13.1 Å². The third-order valence-corrected chi connectivity index (χ3v) is 12.4. The molecule has 1 unspecified atom stereocenters. The van der Waals surface area contributed by atoms with Crippen molar-refractivity contribution in [3.63, 3.8) is 0 Å². The first kappa shape index (κ1) is 31.8. The normalized spacial score (nSPS) is 12.3. The minimum absolute atomic E-state index is 0.0453. The van der Waals surface area contributed by atoms with Crippen LogP contribution in [-0.2, 0) is 0 Å². The van der Waals surface area contributed by atoms with E-state index in [0.717, 1.165) is 27.3 Å². The van der Waals surface area contributed by atoms with Gasteiger partial charge in [-0.3, -0.25) is 0 Å². The molecule has 0 saturated heterocycles. The summed E-state index contributed by atoms with van der Waals surface area (Å²) in [6.07, 6.45) is 0. The number of thiophene rings is 1. The highest BCUT2D eigenvalue weighted by atomic mass is 32.1. The zero-order valence-corrected chi connectivity index (χ0v) is 30.8. The summed E-state index contributed by atoms with van der Waals surface area (Å²) in [5.41, 5.74) is 13.0. The molecule has 9 aromatic carbocycles. The van der Waals surface area contributed by atoms with E-state index in [9.17, 15) is 0 Å². The highest BCUT2D eigenvalue weighted by molar-refractivity contribution is 7.26. The number of fused-ring (bicyclic) bond motifs is 8. The highest BCUT2D eigenvalue weighted by Crippen LogP contribution is 2.43. The molecule has 0 radical (unpaired) electrons. The smallest absolute Gasteiger partial charge is 0.143 e. The zero-order chi connectivity index (χ0) is 36.3. The molecule has 0 amide bonds. The third-order valence-electron chi connectivity index (χ3n) is 11.2. The molecule has 55 heavy (non-hydrogen) atoms. The SMILES string of the molecule is c1ccc(-c2cccc(C(c3ccc(-c4cc5c6ccccc6oc5c5ccccc45)cc3)c3ccc(-c4cccc5c4sc4ccccc45)cc3)c2)cc1. The molecule has 2 aromatic heterocycles. The van der Waals surface area contributed by atoms with Gasteiger partial charge in [-0.1, -0.05) is 182 Å². The third kappa shape index (κ3) is 5.37. The average molecular weight is 719 g/mol. The Balaban J connectivity index is 1.03. The van der Waals surface area contributed by atoms with Crippen LogP contribution in [0.1, 0.15) is 22.6 Å². The van der Waals surface area contributed by atoms with Crippen molar-refractivity contribution in [2.75, 3.05) is 0 Å². The lowest BCUT2D eigenvalue weighted by Crippen LogP contribution is -2.04. The second-order valence-electron chi connectivity index (χ2n) is 14.4. The van der Waals surface area contributed by atoms with Crippen LogP contribution in [0.25, 0.3) is 86.3 Å². The predicted octanol–water partition coefficient (Wildman–Crippen LogP) is 15.3. The highest BCUT2D eigenvalue weighted by Gasteiger charge is 2.20. The summed E-state index contributed by atoms with van der Waals surface area (Å²) < 4.78 is 9.09. The van der Waals surface area contributed by atoms with E-state index >= 15 is 0 Å². The summed E-state index contributed by atoms with van der Waals surface area (Å²) in [5, 5.41) is 7.27. The average Bonchev–Trinajstić information content (AvgIpc) is 3.83. The Morgan fingerprint density at radius 3 is 1.73 bits per heavy atom. The minimum atomic E-state index is 0.0453. The number of hydrogen-bond acceptors (Lipinski definition) is 2. The van der Waals surface area contributed by atoms with Crippen molar-refractivity contribution in [3.8, 4) is 33.4 Å².